The molecule has 2 heterocycles. The minimum Gasteiger partial charge on any atom is -0.462 e. The molecule has 0 N–H and O–H groups in total. The van der Waals surface area contributed by atoms with E-state index in [4.69, 9.17) is 4.74 Å². The van der Waals surface area contributed by atoms with Crippen LogP contribution in [0.5, 0.6) is 0 Å². The van der Waals surface area contributed by atoms with Gasteiger partial charge in [0.25, 0.3) is 0 Å². The van der Waals surface area contributed by atoms with Crippen LogP contribution in [-0.4, -0.2) is 27.5 Å². The molecule has 0 aliphatic rings. The molecule has 2 rings (SSSR count). The summed E-state index contributed by atoms with van der Waals surface area (Å²) in [6.07, 6.45) is 5.67. The molecule has 0 saturated heterocycles. The highest BCUT2D eigenvalue weighted by Gasteiger charge is 2.18. The maximum atomic E-state index is 11.9. The molecule has 0 unspecified atom stereocenters. The van der Waals surface area contributed by atoms with Crippen molar-refractivity contribution >= 4 is 5.97 Å². The van der Waals surface area contributed by atoms with Crippen LogP contribution in [0.4, 0.5) is 0 Å². The van der Waals surface area contributed by atoms with Gasteiger partial charge in [-0.15, -0.1) is 0 Å². The van der Waals surface area contributed by atoms with Crippen LogP contribution in [0.3, 0.4) is 0 Å². The van der Waals surface area contributed by atoms with E-state index in [-0.39, 0.29) is 11.9 Å². The van der Waals surface area contributed by atoms with Gasteiger partial charge in [-0.3, -0.25) is 4.98 Å². The second-order valence-electron chi connectivity index (χ2n) is 5.00. The summed E-state index contributed by atoms with van der Waals surface area (Å²) in [7, 11) is 0. The number of nitrogens with zero attached hydrogens (tertiary/aromatic N) is 3. The molecule has 2 aromatic heterocycles. The number of esters is 1. The minimum atomic E-state index is -0.367. The number of ether oxygens (including phenoxy) is 1. The molecule has 5 heteroatoms. The Balaban J connectivity index is 2.30. The van der Waals surface area contributed by atoms with Gasteiger partial charge in [-0.25, -0.2) is 14.8 Å². The summed E-state index contributed by atoms with van der Waals surface area (Å²) in [5.41, 5.74) is 2.21. The van der Waals surface area contributed by atoms with Crippen LogP contribution in [0.15, 0.2) is 30.7 Å². The third kappa shape index (κ3) is 3.84. The molecule has 5 nitrogen and oxygen atoms in total. The number of carbonyl (C=O) groups excluding carboxylic acids is 1. The van der Waals surface area contributed by atoms with Gasteiger partial charge < -0.3 is 4.74 Å². The molecular weight excluding hydrogens is 266 g/mol. The monoisotopic (exact) mass is 285 g/mol. The lowest BCUT2D eigenvalue weighted by Gasteiger charge is -2.12. The Morgan fingerprint density at radius 3 is 2.76 bits per heavy atom. The van der Waals surface area contributed by atoms with Crippen LogP contribution in [0.1, 0.15) is 54.1 Å². The predicted octanol–water partition coefficient (Wildman–Crippen LogP) is 2.76. The lowest BCUT2D eigenvalue weighted by Crippen LogP contribution is -2.13. The first kappa shape index (κ1) is 15.1. The third-order valence-electron chi connectivity index (χ3n) is 3.00. The maximum Gasteiger partial charge on any atom is 0.341 e. The number of aromatic nitrogens is 3. The molecule has 0 saturated carbocycles. The van der Waals surface area contributed by atoms with Crippen molar-refractivity contribution in [3.63, 3.8) is 0 Å². The molecule has 0 aliphatic carbocycles. The molecule has 0 fully saturated rings. The Bertz CT molecular complexity index is 612. The van der Waals surface area contributed by atoms with E-state index in [0.717, 1.165) is 11.3 Å². The molecule has 0 bridgehead atoms. The first-order valence-corrected chi connectivity index (χ1v) is 7.03. The Hall–Kier alpha value is -2.30. The summed E-state index contributed by atoms with van der Waals surface area (Å²) in [5, 5.41) is 0. The number of hydrogen-bond acceptors (Lipinski definition) is 5. The highest BCUT2D eigenvalue weighted by Crippen LogP contribution is 2.18. The molecule has 0 aromatic carbocycles. The van der Waals surface area contributed by atoms with Gasteiger partial charge in [-0.1, -0.05) is 19.9 Å². The fraction of sp³-hybridized carbons (Fsp3) is 0.375. The van der Waals surface area contributed by atoms with Crippen molar-refractivity contribution in [2.24, 2.45) is 0 Å². The maximum absolute atomic E-state index is 11.9. The molecule has 0 atom stereocenters. The number of hydrogen-bond donors (Lipinski definition) is 0. The van der Waals surface area contributed by atoms with Crippen LogP contribution in [-0.2, 0) is 11.2 Å². The van der Waals surface area contributed by atoms with Gasteiger partial charge >= 0.3 is 5.97 Å². The van der Waals surface area contributed by atoms with Crippen molar-refractivity contribution < 1.29 is 9.53 Å². The van der Waals surface area contributed by atoms with E-state index in [9.17, 15) is 4.79 Å². The van der Waals surface area contributed by atoms with Gasteiger partial charge in [-0.2, -0.15) is 0 Å². The molecule has 2 aromatic rings. The number of carbonyl (C=O) groups is 1. The topological polar surface area (TPSA) is 65.0 Å². The smallest absolute Gasteiger partial charge is 0.341 e. The molecular formula is C16H19N3O2. The third-order valence-corrected chi connectivity index (χ3v) is 3.00. The fourth-order valence-corrected chi connectivity index (χ4v) is 2.01. The zero-order chi connectivity index (χ0) is 15.2. The second-order valence-corrected chi connectivity index (χ2v) is 5.00. The summed E-state index contributed by atoms with van der Waals surface area (Å²) in [6.45, 7) is 6.12. The summed E-state index contributed by atoms with van der Waals surface area (Å²) in [4.78, 5) is 24.8. The van der Waals surface area contributed by atoms with Gasteiger partial charge in [0.05, 0.1) is 17.9 Å². The predicted molar refractivity (Wildman–Crippen MR) is 79.1 cm³/mol. The van der Waals surface area contributed by atoms with E-state index >= 15 is 0 Å². The highest BCUT2D eigenvalue weighted by molar-refractivity contribution is 5.90. The van der Waals surface area contributed by atoms with E-state index < -0.39 is 0 Å². The average molecular weight is 285 g/mol. The van der Waals surface area contributed by atoms with E-state index in [1.807, 2.05) is 26.0 Å². The van der Waals surface area contributed by atoms with Gasteiger partial charge in [0, 0.05) is 25.0 Å². The average Bonchev–Trinajstić information content (AvgIpc) is 2.48. The molecule has 0 aliphatic heterocycles. The summed E-state index contributed by atoms with van der Waals surface area (Å²) in [5.74, 6) is 0.439. The largest absolute Gasteiger partial charge is 0.462 e. The highest BCUT2D eigenvalue weighted by atomic mass is 16.5. The molecule has 0 spiro atoms. The van der Waals surface area contributed by atoms with Gasteiger partial charge in [0.2, 0.25) is 0 Å². The lowest BCUT2D eigenvalue weighted by atomic mass is 10.0. The Labute approximate surface area is 124 Å². The lowest BCUT2D eigenvalue weighted by molar-refractivity contribution is 0.0523. The van der Waals surface area contributed by atoms with Gasteiger partial charge in [-0.05, 0) is 24.5 Å². The molecule has 0 radical (unpaired) electrons. The van der Waals surface area contributed by atoms with Crippen molar-refractivity contribution in [2.75, 3.05) is 6.61 Å². The van der Waals surface area contributed by atoms with Crippen molar-refractivity contribution in [2.45, 2.75) is 33.1 Å². The van der Waals surface area contributed by atoms with Crippen LogP contribution in [0.25, 0.3) is 0 Å². The zero-order valence-electron chi connectivity index (χ0n) is 12.5. The summed E-state index contributed by atoms with van der Waals surface area (Å²) >= 11 is 0. The van der Waals surface area contributed by atoms with E-state index in [1.54, 1.807) is 25.5 Å². The second kappa shape index (κ2) is 6.92. The van der Waals surface area contributed by atoms with E-state index in [0.29, 0.717) is 24.4 Å². The van der Waals surface area contributed by atoms with E-state index in [1.165, 1.54) is 0 Å². The molecule has 0 amide bonds. The van der Waals surface area contributed by atoms with Crippen LogP contribution < -0.4 is 0 Å². The standard InChI is InChI=1S/C16H19N3O2/c1-4-21-16(20)13-10-18-14(19-15(13)11(2)3)8-12-6-5-7-17-9-12/h5-7,9-11H,4,8H2,1-3H3. The van der Waals surface area contributed by atoms with E-state index in [2.05, 4.69) is 15.0 Å². The first-order chi connectivity index (χ1) is 10.1. The van der Waals surface area contributed by atoms with Gasteiger partial charge in [0.15, 0.2) is 0 Å². The Morgan fingerprint density at radius 2 is 2.14 bits per heavy atom. The van der Waals surface area contributed by atoms with Crippen molar-refractivity contribution in [1.82, 2.24) is 15.0 Å². The van der Waals surface area contributed by atoms with Gasteiger partial charge in [0.1, 0.15) is 5.82 Å². The van der Waals surface area contributed by atoms with Crippen LogP contribution >= 0.6 is 0 Å². The van der Waals surface area contributed by atoms with Crippen molar-refractivity contribution in [3.05, 3.63) is 53.4 Å². The first-order valence-electron chi connectivity index (χ1n) is 7.03. The fourth-order valence-electron chi connectivity index (χ4n) is 2.01. The normalized spacial score (nSPS) is 10.7. The van der Waals surface area contributed by atoms with Crippen molar-refractivity contribution in [1.29, 1.82) is 0 Å². The molecule has 21 heavy (non-hydrogen) atoms. The molecule has 110 valence electrons. The zero-order valence-corrected chi connectivity index (χ0v) is 12.5. The van der Waals surface area contributed by atoms with Crippen LogP contribution in [0.2, 0.25) is 0 Å². The summed E-state index contributed by atoms with van der Waals surface area (Å²) < 4.78 is 5.05. The Morgan fingerprint density at radius 1 is 1.33 bits per heavy atom. The minimum absolute atomic E-state index is 0.125. The quantitative estimate of drug-likeness (QED) is 0.790. The Kier molecular flexibility index (Phi) is 4.98. The van der Waals surface area contributed by atoms with Crippen LogP contribution in [0, 0.1) is 0 Å². The number of pyridine rings is 1. The van der Waals surface area contributed by atoms with Crippen molar-refractivity contribution in [3.8, 4) is 0 Å². The SMILES string of the molecule is CCOC(=O)c1cnc(Cc2cccnc2)nc1C(C)C. The summed E-state index contributed by atoms with van der Waals surface area (Å²) in [6, 6.07) is 3.86. The number of rotatable bonds is 5.